The zero-order valence-corrected chi connectivity index (χ0v) is 17.2. The van der Waals surface area contributed by atoms with Gasteiger partial charge in [-0.25, -0.2) is 5.43 Å². The zero-order valence-electron chi connectivity index (χ0n) is 15.6. The zero-order chi connectivity index (χ0) is 20.9. The molecule has 0 atom stereocenters. The van der Waals surface area contributed by atoms with Crippen LogP contribution in [0.25, 0.3) is 22.4 Å². The van der Waals surface area contributed by atoms with Gasteiger partial charge in [-0.1, -0.05) is 83.9 Å². The van der Waals surface area contributed by atoms with Crippen LogP contribution in [0.3, 0.4) is 0 Å². The molecule has 0 spiro atoms. The van der Waals surface area contributed by atoms with Gasteiger partial charge in [0.1, 0.15) is 5.69 Å². The Kier molecular flexibility index (Phi) is 5.93. The average Bonchev–Trinajstić information content (AvgIpc) is 3.27. The molecule has 0 saturated heterocycles. The second-order valence-electron chi connectivity index (χ2n) is 6.44. The predicted octanol–water partition coefficient (Wildman–Crippen LogP) is 5.81. The Labute approximate surface area is 183 Å². The molecule has 0 saturated carbocycles. The van der Waals surface area contributed by atoms with Crippen molar-refractivity contribution in [1.29, 1.82) is 0 Å². The molecular weight excluding hydrogens is 419 g/mol. The number of hydrogen-bond acceptors (Lipinski definition) is 3. The maximum absolute atomic E-state index is 12.3. The van der Waals surface area contributed by atoms with Crippen molar-refractivity contribution in [2.45, 2.75) is 0 Å². The first kappa shape index (κ1) is 19.9. The van der Waals surface area contributed by atoms with Gasteiger partial charge in [-0.3, -0.25) is 9.89 Å². The Hall–Kier alpha value is -3.41. The normalized spacial score (nSPS) is 11.0. The number of carbonyl (C=O) groups is 1. The fourth-order valence-corrected chi connectivity index (χ4v) is 3.39. The molecule has 0 unspecified atom stereocenters. The second-order valence-corrected chi connectivity index (χ2v) is 7.26. The van der Waals surface area contributed by atoms with E-state index in [1.54, 1.807) is 24.3 Å². The highest BCUT2D eigenvalue weighted by atomic mass is 35.5. The minimum absolute atomic E-state index is 0.291. The van der Waals surface area contributed by atoms with E-state index in [2.05, 4.69) is 32.9 Å². The van der Waals surface area contributed by atoms with Crippen molar-refractivity contribution in [3.8, 4) is 22.4 Å². The lowest BCUT2D eigenvalue weighted by molar-refractivity contribution is 0.0950. The molecule has 0 aliphatic carbocycles. The maximum Gasteiger partial charge on any atom is 0.289 e. The number of hydrogen-bond donors (Lipinski definition) is 2. The summed E-state index contributed by atoms with van der Waals surface area (Å²) < 4.78 is 0. The minimum Gasteiger partial charge on any atom is -0.272 e. The number of nitrogens with zero attached hydrogens (tertiary/aromatic N) is 2. The number of carbonyl (C=O) groups excluding carboxylic acids is 1. The van der Waals surface area contributed by atoms with E-state index in [1.165, 1.54) is 6.21 Å². The van der Waals surface area contributed by atoms with E-state index in [0.29, 0.717) is 27.0 Å². The Morgan fingerprint density at radius 3 is 2.20 bits per heavy atom. The maximum atomic E-state index is 12.3. The van der Waals surface area contributed by atoms with Crippen LogP contribution in [0.5, 0.6) is 0 Å². The number of hydrazone groups is 1. The van der Waals surface area contributed by atoms with Gasteiger partial charge in [-0.05, 0) is 29.3 Å². The molecule has 1 heterocycles. The molecule has 0 fully saturated rings. The van der Waals surface area contributed by atoms with E-state index >= 15 is 0 Å². The van der Waals surface area contributed by atoms with Crippen molar-refractivity contribution < 1.29 is 4.79 Å². The average molecular weight is 435 g/mol. The van der Waals surface area contributed by atoms with Crippen LogP contribution in [0.2, 0.25) is 10.0 Å². The van der Waals surface area contributed by atoms with E-state index in [4.69, 9.17) is 23.2 Å². The molecule has 4 aromatic rings. The third kappa shape index (κ3) is 4.43. The second kappa shape index (κ2) is 8.95. The molecule has 0 aliphatic heterocycles. The van der Waals surface area contributed by atoms with Gasteiger partial charge in [0.15, 0.2) is 0 Å². The summed E-state index contributed by atoms with van der Waals surface area (Å²) in [6, 6.07) is 24.9. The predicted molar refractivity (Wildman–Crippen MR) is 121 cm³/mol. The number of rotatable bonds is 5. The summed E-state index contributed by atoms with van der Waals surface area (Å²) >= 11 is 12.2. The molecule has 1 aromatic heterocycles. The fraction of sp³-hybridized carbons (Fsp3) is 0. The first-order valence-electron chi connectivity index (χ1n) is 9.10. The number of amides is 1. The molecule has 3 aromatic carbocycles. The van der Waals surface area contributed by atoms with Gasteiger partial charge in [-0.15, -0.1) is 0 Å². The smallest absolute Gasteiger partial charge is 0.272 e. The standard InChI is InChI=1S/C23H16Cl2N4O/c24-19-7-4-8-20(25)18(19)14-26-29-23(30)22-13-21(27-28-22)17-11-9-16(10-12-17)15-5-2-1-3-6-15/h1-14H,(H,27,28)(H,29,30)/b26-14-. The molecule has 7 heteroatoms. The van der Waals surface area contributed by atoms with Crippen LogP contribution in [0.15, 0.2) is 84.0 Å². The van der Waals surface area contributed by atoms with Crippen molar-refractivity contribution in [2.75, 3.05) is 0 Å². The van der Waals surface area contributed by atoms with Gasteiger partial charge in [0.2, 0.25) is 0 Å². The monoisotopic (exact) mass is 434 g/mol. The molecule has 0 aliphatic rings. The third-order valence-electron chi connectivity index (χ3n) is 4.47. The molecule has 5 nitrogen and oxygen atoms in total. The van der Waals surface area contributed by atoms with Crippen molar-refractivity contribution >= 4 is 35.3 Å². The number of nitrogens with one attached hydrogen (secondary N) is 2. The van der Waals surface area contributed by atoms with Gasteiger partial charge in [-0.2, -0.15) is 10.2 Å². The van der Waals surface area contributed by atoms with Crippen molar-refractivity contribution in [3.63, 3.8) is 0 Å². The summed E-state index contributed by atoms with van der Waals surface area (Å²) in [5.74, 6) is -0.422. The molecule has 148 valence electrons. The Morgan fingerprint density at radius 2 is 1.50 bits per heavy atom. The third-order valence-corrected chi connectivity index (χ3v) is 5.13. The topological polar surface area (TPSA) is 70.1 Å². The summed E-state index contributed by atoms with van der Waals surface area (Å²) in [5, 5.41) is 11.8. The molecule has 2 N–H and O–H groups in total. The Bertz CT molecular complexity index is 1180. The largest absolute Gasteiger partial charge is 0.289 e. The Morgan fingerprint density at radius 1 is 0.867 bits per heavy atom. The molecule has 4 rings (SSSR count). The van der Waals surface area contributed by atoms with Gasteiger partial charge in [0.05, 0.1) is 22.0 Å². The van der Waals surface area contributed by atoms with Crippen LogP contribution in [0.1, 0.15) is 16.1 Å². The minimum atomic E-state index is -0.422. The van der Waals surface area contributed by atoms with Crippen molar-refractivity contribution in [2.24, 2.45) is 5.10 Å². The molecular formula is C23H16Cl2N4O. The highest BCUT2D eigenvalue weighted by Gasteiger charge is 2.11. The van der Waals surface area contributed by atoms with Gasteiger partial charge in [0.25, 0.3) is 5.91 Å². The summed E-state index contributed by atoms with van der Waals surface area (Å²) in [5.41, 5.74) is 7.08. The van der Waals surface area contributed by atoms with E-state index in [1.807, 2.05) is 42.5 Å². The lowest BCUT2D eigenvalue weighted by Crippen LogP contribution is -2.18. The van der Waals surface area contributed by atoms with Crippen LogP contribution >= 0.6 is 23.2 Å². The van der Waals surface area contributed by atoms with E-state index in [9.17, 15) is 4.79 Å². The van der Waals surface area contributed by atoms with Crippen LogP contribution < -0.4 is 5.43 Å². The Balaban J connectivity index is 1.45. The lowest BCUT2D eigenvalue weighted by atomic mass is 10.0. The molecule has 30 heavy (non-hydrogen) atoms. The number of halogens is 2. The summed E-state index contributed by atoms with van der Waals surface area (Å²) in [6.45, 7) is 0. The molecule has 0 radical (unpaired) electrons. The number of H-pyrrole nitrogens is 1. The van der Waals surface area contributed by atoms with Crippen molar-refractivity contribution in [1.82, 2.24) is 15.6 Å². The van der Waals surface area contributed by atoms with Crippen molar-refractivity contribution in [3.05, 3.63) is 100 Å². The van der Waals surface area contributed by atoms with Crippen LogP contribution in [0.4, 0.5) is 0 Å². The summed E-state index contributed by atoms with van der Waals surface area (Å²) in [4.78, 5) is 12.3. The van der Waals surface area contributed by atoms with E-state index < -0.39 is 5.91 Å². The SMILES string of the molecule is O=C(N/N=C\c1c(Cl)cccc1Cl)c1cc(-c2ccc(-c3ccccc3)cc2)n[nH]1. The lowest BCUT2D eigenvalue weighted by Gasteiger charge is -2.02. The fourth-order valence-electron chi connectivity index (χ4n) is 2.90. The van der Waals surface area contributed by atoms with Crippen LogP contribution in [-0.2, 0) is 0 Å². The summed E-state index contributed by atoms with van der Waals surface area (Å²) in [7, 11) is 0. The number of aromatic nitrogens is 2. The summed E-state index contributed by atoms with van der Waals surface area (Å²) in [6.07, 6.45) is 1.40. The highest BCUT2D eigenvalue weighted by Crippen LogP contribution is 2.24. The van der Waals surface area contributed by atoms with Crippen LogP contribution in [-0.4, -0.2) is 22.3 Å². The van der Waals surface area contributed by atoms with E-state index in [0.717, 1.165) is 16.7 Å². The molecule has 1 amide bonds. The van der Waals surface area contributed by atoms with Gasteiger partial charge >= 0.3 is 0 Å². The first-order valence-corrected chi connectivity index (χ1v) is 9.86. The first-order chi connectivity index (χ1) is 14.6. The number of aromatic amines is 1. The quantitative estimate of drug-likeness (QED) is 0.307. The van der Waals surface area contributed by atoms with Gasteiger partial charge < -0.3 is 0 Å². The highest BCUT2D eigenvalue weighted by molar-refractivity contribution is 6.38. The molecule has 0 bridgehead atoms. The van der Waals surface area contributed by atoms with Gasteiger partial charge in [0, 0.05) is 11.1 Å². The van der Waals surface area contributed by atoms with Crippen LogP contribution in [0, 0.1) is 0 Å². The number of benzene rings is 3. The van der Waals surface area contributed by atoms with E-state index in [-0.39, 0.29) is 0 Å².